The zero-order chi connectivity index (χ0) is 11.6. The summed E-state index contributed by atoms with van der Waals surface area (Å²) in [5.74, 6) is 6.93. The molecule has 1 heteroatoms. The molecular weight excluding hydrogens is 194 g/mol. The molecule has 16 heavy (non-hydrogen) atoms. The summed E-state index contributed by atoms with van der Waals surface area (Å²) in [5.41, 5.74) is 1.13. The molecule has 1 nitrogen and oxygen atoms in total. The summed E-state index contributed by atoms with van der Waals surface area (Å²) in [6.45, 7) is 5.02. The number of nitrogens with zero attached hydrogens (tertiary/aromatic N) is 1. The first-order valence-electron chi connectivity index (χ1n) is 5.83. The minimum absolute atomic E-state index is 0.603. The molecule has 1 aromatic carbocycles. The Balaban J connectivity index is 2.27. The number of hydrogen-bond acceptors (Lipinski definition) is 1. The molecule has 0 radical (unpaired) electrons. The van der Waals surface area contributed by atoms with Crippen molar-refractivity contribution in [3.63, 3.8) is 0 Å². The van der Waals surface area contributed by atoms with Gasteiger partial charge >= 0.3 is 0 Å². The number of benzene rings is 1. The second-order valence-corrected chi connectivity index (χ2v) is 3.95. The van der Waals surface area contributed by atoms with Crippen molar-refractivity contribution in [1.29, 1.82) is 0 Å². The van der Waals surface area contributed by atoms with Crippen molar-refractivity contribution < 1.29 is 0 Å². The van der Waals surface area contributed by atoms with Crippen LogP contribution in [0.5, 0.6) is 0 Å². The number of rotatable bonds is 4. The Morgan fingerprint density at radius 1 is 1.25 bits per heavy atom. The van der Waals surface area contributed by atoms with Crippen LogP contribution in [0.3, 0.4) is 0 Å². The summed E-state index contributed by atoms with van der Waals surface area (Å²) in [7, 11) is 0. The maximum atomic E-state index is 4.27. The van der Waals surface area contributed by atoms with Crippen molar-refractivity contribution in [2.24, 2.45) is 10.9 Å². The average Bonchev–Trinajstić information content (AvgIpc) is 2.34. The van der Waals surface area contributed by atoms with Crippen LogP contribution in [0.25, 0.3) is 0 Å². The van der Waals surface area contributed by atoms with Gasteiger partial charge in [0.2, 0.25) is 0 Å². The second-order valence-electron chi connectivity index (χ2n) is 3.95. The van der Waals surface area contributed by atoms with Gasteiger partial charge in [0.25, 0.3) is 0 Å². The van der Waals surface area contributed by atoms with Gasteiger partial charge in [0.05, 0.1) is 6.54 Å². The molecule has 0 aliphatic rings. The van der Waals surface area contributed by atoms with Crippen molar-refractivity contribution in [2.75, 3.05) is 6.54 Å². The first-order valence-corrected chi connectivity index (χ1v) is 5.83. The van der Waals surface area contributed by atoms with E-state index in [1.165, 1.54) is 6.42 Å². The molecule has 84 valence electrons. The summed E-state index contributed by atoms with van der Waals surface area (Å²) < 4.78 is 0. The van der Waals surface area contributed by atoms with E-state index in [0.717, 1.165) is 12.0 Å². The first kappa shape index (κ1) is 12.5. The van der Waals surface area contributed by atoms with Crippen LogP contribution in [0.1, 0.15) is 32.3 Å². The molecule has 0 fully saturated rings. The molecule has 0 aliphatic heterocycles. The third kappa shape index (κ3) is 5.36. The van der Waals surface area contributed by atoms with Gasteiger partial charge in [-0.2, -0.15) is 0 Å². The highest BCUT2D eigenvalue weighted by Crippen LogP contribution is 2.03. The van der Waals surface area contributed by atoms with E-state index in [1.54, 1.807) is 0 Å². The molecule has 1 atom stereocenters. The molecule has 0 saturated heterocycles. The van der Waals surface area contributed by atoms with Gasteiger partial charge in [0.1, 0.15) is 0 Å². The smallest absolute Gasteiger partial charge is 0.0997 e. The van der Waals surface area contributed by atoms with Crippen LogP contribution in [-0.2, 0) is 0 Å². The predicted molar refractivity (Wildman–Crippen MR) is 70.8 cm³/mol. The van der Waals surface area contributed by atoms with Gasteiger partial charge in [0, 0.05) is 12.6 Å². The minimum Gasteiger partial charge on any atom is -0.280 e. The molecule has 1 aromatic rings. The van der Waals surface area contributed by atoms with E-state index < -0.39 is 0 Å². The molecule has 1 unspecified atom stereocenters. The highest BCUT2D eigenvalue weighted by atomic mass is 14.7. The van der Waals surface area contributed by atoms with E-state index in [1.807, 2.05) is 36.5 Å². The van der Waals surface area contributed by atoms with E-state index >= 15 is 0 Å². The molecule has 1 rings (SSSR count). The quantitative estimate of drug-likeness (QED) is 0.536. The summed E-state index contributed by atoms with van der Waals surface area (Å²) in [6.07, 6.45) is 4.05. The molecule has 0 heterocycles. The third-order valence-electron chi connectivity index (χ3n) is 2.48. The summed E-state index contributed by atoms with van der Waals surface area (Å²) in [6, 6.07) is 10.1. The summed E-state index contributed by atoms with van der Waals surface area (Å²) in [4.78, 5) is 4.27. The van der Waals surface area contributed by atoms with Crippen molar-refractivity contribution in [3.8, 4) is 11.8 Å². The molecule has 0 saturated carbocycles. The zero-order valence-electron chi connectivity index (χ0n) is 10.1. The van der Waals surface area contributed by atoms with Gasteiger partial charge in [0.15, 0.2) is 0 Å². The number of hydrogen-bond donors (Lipinski definition) is 0. The maximum absolute atomic E-state index is 4.27. The van der Waals surface area contributed by atoms with E-state index in [4.69, 9.17) is 0 Å². The first-order chi connectivity index (χ1) is 7.83. The van der Waals surface area contributed by atoms with Gasteiger partial charge in [-0.15, -0.1) is 5.92 Å². The lowest BCUT2D eigenvalue weighted by atomic mass is 10.1. The van der Waals surface area contributed by atoms with Crippen molar-refractivity contribution in [1.82, 2.24) is 0 Å². The average molecular weight is 213 g/mol. The fourth-order valence-electron chi connectivity index (χ4n) is 1.18. The summed E-state index contributed by atoms with van der Waals surface area (Å²) >= 11 is 0. The van der Waals surface area contributed by atoms with Crippen molar-refractivity contribution >= 4 is 6.21 Å². The lowest BCUT2D eigenvalue weighted by molar-refractivity contribution is 0.580. The SMILES string of the molecule is CCC(C)CC#CCN=Cc1ccccc1. The Morgan fingerprint density at radius 3 is 2.69 bits per heavy atom. The Hall–Kier alpha value is -1.55. The maximum Gasteiger partial charge on any atom is 0.0997 e. The van der Waals surface area contributed by atoms with E-state index in [-0.39, 0.29) is 0 Å². The fraction of sp³-hybridized carbons (Fsp3) is 0.400. The van der Waals surface area contributed by atoms with E-state index in [0.29, 0.717) is 12.5 Å². The van der Waals surface area contributed by atoms with Crippen LogP contribution in [0.15, 0.2) is 35.3 Å². The van der Waals surface area contributed by atoms with Crippen molar-refractivity contribution in [3.05, 3.63) is 35.9 Å². The van der Waals surface area contributed by atoms with Crippen LogP contribution in [0.2, 0.25) is 0 Å². The van der Waals surface area contributed by atoms with Crippen LogP contribution >= 0.6 is 0 Å². The molecule has 0 aromatic heterocycles. The molecule has 0 bridgehead atoms. The molecule has 0 amide bonds. The highest BCUT2D eigenvalue weighted by Gasteiger charge is 1.92. The normalized spacial score (nSPS) is 12.1. The van der Waals surface area contributed by atoms with Crippen LogP contribution in [0.4, 0.5) is 0 Å². The van der Waals surface area contributed by atoms with Crippen LogP contribution in [-0.4, -0.2) is 12.8 Å². The highest BCUT2D eigenvalue weighted by molar-refractivity contribution is 5.79. The topological polar surface area (TPSA) is 12.4 Å². The monoisotopic (exact) mass is 213 g/mol. The van der Waals surface area contributed by atoms with Crippen LogP contribution in [0, 0.1) is 17.8 Å². The lowest BCUT2D eigenvalue weighted by Gasteiger charge is -1.99. The van der Waals surface area contributed by atoms with Gasteiger partial charge in [-0.3, -0.25) is 4.99 Å². The van der Waals surface area contributed by atoms with E-state index in [2.05, 4.69) is 30.7 Å². The second kappa shape index (κ2) is 7.70. The van der Waals surface area contributed by atoms with Crippen molar-refractivity contribution in [2.45, 2.75) is 26.7 Å². The lowest BCUT2D eigenvalue weighted by Crippen LogP contribution is -1.88. The Morgan fingerprint density at radius 2 is 2.00 bits per heavy atom. The van der Waals surface area contributed by atoms with Gasteiger partial charge < -0.3 is 0 Å². The molecule has 0 spiro atoms. The standard InChI is InChI=1S/C15H19N/c1-3-14(2)9-7-8-12-16-13-15-10-5-4-6-11-15/h4-6,10-11,13-14H,3,9,12H2,1-2H3. The zero-order valence-corrected chi connectivity index (χ0v) is 10.1. The Bertz CT molecular complexity index is 367. The van der Waals surface area contributed by atoms with Gasteiger partial charge in [-0.1, -0.05) is 56.5 Å². The molecule has 0 N–H and O–H groups in total. The molecule has 0 aliphatic carbocycles. The van der Waals surface area contributed by atoms with Gasteiger partial charge in [-0.05, 0) is 11.5 Å². The fourth-order valence-corrected chi connectivity index (χ4v) is 1.18. The summed E-state index contributed by atoms with van der Waals surface area (Å²) in [5, 5.41) is 0. The van der Waals surface area contributed by atoms with Crippen LogP contribution < -0.4 is 0 Å². The Labute approximate surface area is 98.6 Å². The van der Waals surface area contributed by atoms with Gasteiger partial charge in [-0.25, -0.2) is 0 Å². The molecular formula is C15H19N. The third-order valence-corrected chi connectivity index (χ3v) is 2.48. The largest absolute Gasteiger partial charge is 0.280 e. The van der Waals surface area contributed by atoms with E-state index in [9.17, 15) is 0 Å². The predicted octanol–water partition coefficient (Wildman–Crippen LogP) is 3.55. The Kier molecular flexibility index (Phi) is 6.03. The number of aliphatic imine (C=N–C) groups is 1. The minimum atomic E-state index is 0.603.